The molecule has 0 aliphatic heterocycles. The lowest BCUT2D eigenvalue weighted by molar-refractivity contribution is 0.627. The molecular weight excluding hydrogens is 282 g/mol. The largest absolute Gasteiger partial charge is 0.325 e. The Balaban J connectivity index is 1.54. The van der Waals surface area contributed by atoms with Crippen molar-refractivity contribution in [2.24, 2.45) is 5.73 Å². The van der Waals surface area contributed by atoms with E-state index in [-0.39, 0.29) is 0 Å². The molecule has 2 aromatic heterocycles. The van der Waals surface area contributed by atoms with Gasteiger partial charge in [0.2, 0.25) is 0 Å². The van der Waals surface area contributed by atoms with Crippen molar-refractivity contribution in [1.82, 2.24) is 19.7 Å². The molecule has 0 bridgehead atoms. The first-order valence-corrected chi connectivity index (χ1v) is 8.56. The minimum absolute atomic E-state index is 0.485. The Hall–Kier alpha value is -1.40. The highest BCUT2D eigenvalue weighted by Gasteiger charge is 2.36. The van der Waals surface area contributed by atoms with Crippen LogP contribution in [0.4, 0.5) is 0 Å². The Bertz CT molecular complexity index is 645. The summed E-state index contributed by atoms with van der Waals surface area (Å²) in [4.78, 5) is 4.34. The molecule has 2 fully saturated rings. The molecule has 0 saturated heterocycles. The third-order valence-electron chi connectivity index (χ3n) is 4.08. The first-order chi connectivity index (χ1) is 10.4. The van der Waals surface area contributed by atoms with Crippen LogP contribution in [-0.2, 0) is 12.3 Å². The maximum atomic E-state index is 5.75. The van der Waals surface area contributed by atoms with Crippen LogP contribution in [0.1, 0.15) is 54.7 Å². The van der Waals surface area contributed by atoms with Crippen molar-refractivity contribution in [3.8, 4) is 0 Å². The average molecular weight is 301 g/mol. The molecule has 0 atom stereocenters. The molecule has 2 N–H and O–H groups in total. The van der Waals surface area contributed by atoms with Gasteiger partial charge in [0.15, 0.2) is 5.16 Å². The number of hydrogen-bond acceptors (Lipinski definition) is 5. The summed E-state index contributed by atoms with van der Waals surface area (Å²) in [6.45, 7) is 0.485. The zero-order chi connectivity index (χ0) is 14.2. The maximum absolute atomic E-state index is 5.75. The van der Waals surface area contributed by atoms with Crippen LogP contribution < -0.4 is 5.73 Å². The quantitative estimate of drug-likeness (QED) is 0.831. The summed E-state index contributed by atoms with van der Waals surface area (Å²) >= 11 is 1.76. The van der Waals surface area contributed by atoms with Crippen LogP contribution in [0.25, 0.3) is 0 Å². The number of aromatic nitrogens is 4. The number of hydrogen-bond donors (Lipinski definition) is 1. The Morgan fingerprint density at radius 1 is 1.24 bits per heavy atom. The zero-order valence-corrected chi connectivity index (χ0v) is 12.7. The number of pyridine rings is 1. The summed E-state index contributed by atoms with van der Waals surface area (Å²) in [6, 6.07) is 4.71. The summed E-state index contributed by atoms with van der Waals surface area (Å²) in [7, 11) is 0. The van der Waals surface area contributed by atoms with Gasteiger partial charge in [-0.05, 0) is 37.3 Å². The standard InChI is InChI=1S/C15H19N5S/c16-8-13-11(2-1-7-17-13)9-21-15-19-18-14(10-3-4-10)20(15)12-5-6-12/h1-2,7,10,12H,3-6,8-9,16H2. The molecule has 4 rings (SSSR count). The molecule has 5 nitrogen and oxygen atoms in total. The van der Waals surface area contributed by atoms with Crippen LogP contribution in [0.5, 0.6) is 0 Å². The zero-order valence-electron chi connectivity index (χ0n) is 11.9. The fourth-order valence-electron chi connectivity index (χ4n) is 2.61. The number of nitrogens with two attached hydrogens (primary N) is 1. The van der Waals surface area contributed by atoms with Crippen molar-refractivity contribution in [3.63, 3.8) is 0 Å². The highest BCUT2D eigenvalue weighted by Crippen LogP contribution is 2.46. The van der Waals surface area contributed by atoms with Gasteiger partial charge in [0.05, 0.1) is 5.69 Å². The van der Waals surface area contributed by atoms with Gasteiger partial charge in [0.1, 0.15) is 5.82 Å². The lowest BCUT2D eigenvalue weighted by Gasteiger charge is -2.09. The minimum Gasteiger partial charge on any atom is -0.325 e. The highest BCUT2D eigenvalue weighted by atomic mass is 32.2. The molecule has 2 aromatic rings. The van der Waals surface area contributed by atoms with E-state index in [0.717, 1.165) is 16.6 Å². The van der Waals surface area contributed by atoms with E-state index in [1.54, 1.807) is 18.0 Å². The monoisotopic (exact) mass is 301 g/mol. The van der Waals surface area contributed by atoms with E-state index < -0.39 is 0 Å². The fourth-order valence-corrected chi connectivity index (χ4v) is 3.64. The second-order valence-electron chi connectivity index (χ2n) is 5.82. The van der Waals surface area contributed by atoms with Gasteiger partial charge in [-0.1, -0.05) is 17.8 Å². The molecule has 0 aromatic carbocycles. The van der Waals surface area contributed by atoms with Gasteiger partial charge in [0.25, 0.3) is 0 Å². The maximum Gasteiger partial charge on any atom is 0.191 e. The van der Waals surface area contributed by atoms with Gasteiger partial charge in [-0.2, -0.15) is 0 Å². The van der Waals surface area contributed by atoms with Gasteiger partial charge in [-0.3, -0.25) is 4.98 Å². The van der Waals surface area contributed by atoms with Crippen molar-refractivity contribution < 1.29 is 0 Å². The lowest BCUT2D eigenvalue weighted by Crippen LogP contribution is -2.04. The van der Waals surface area contributed by atoms with Gasteiger partial charge >= 0.3 is 0 Å². The third kappa shape index (κ3) is 2.70. The summed E-state index contributed by atoms with van der Waals surface area (Å²) in [5.41, 5.74) is 7.93. The molecule has 21 heavy (non-hydrogen) atoms. The predicted octanol–water partition coefficient (Wildman–Crippen LogP) is 2.64. The van der Waals surface area contributed by atoms with Crippen LogP contribution >= 0.6 is 11.8 Å². The highest BCUT2D eigenvalue weighted by molar-refractivity contribution is 7.98. The van der Waals surface area contributed by atoms with Gasteiger partial charge in [-0.15, -0.1) is 10.2 Å². The van der Waals surface area contributed by atoms with E-state index in [2.05, 4.69) is 25.8 Å². The van der Waals surface area contributed by atoms with Crippen molar-refractivity contribution in [2.45, 2.75) is 55.1 Å². The molecule has 6 heteroatoms. The van der Waals surface area contributed by atoms with E-state index in [4.69, 9.17) is 5.73 Å². The van der Waals surface area contributed by atoms with Gasteiger partial charge in [-0.25, -0.2) is 0 Å². The minimum atomic E-state index is 0.485. The fraction of sp³-hybridized carbons (Fsp3) is 0.533. The molecule has 2 aliphatic rings. The SMILES string of the molecule is NCc1ncccc1CSc1nnc(C2CC2)n1C1CC1. The molecule has 0 amide bonds. The predicted molar refractivity (Wildman–Crippen MR) is 82.0 cm³/mol. The lowest BCUT2D eigenvalue weighted by atomic mass is 10.2. The van der Waals surface area contributed by atoms with Crippen LogP contribution in [0.2, 0.25) is 0 Å². The molecule has 0 unspecified atom stereocenters. The molecule has 0 spiro atoms. The van der Waals surface area contributed by atoms with E-state index in [1.165, 1.54) is 37.1 Å². The van der Waals surface area contributed by atoms with Gasteiger partial charge < -0.3 is 10.3 Å². The van der Waals surface area contributed by atoms with E-state index in [1.807, 2.05) is 6.07 Å². The van der Waals surface area contributed by atoms with Crippen LogP contribution in [0, 0.1) is 0 Å². The summed E-state index contributed by atoms with van der Waals surface area (Å²) in [6.07, 6.45) is 6.89. The van der Waals surface area contributed by atoms with Crippen molar-refractivity contribution in [1.29, 1.82) is 0 Å². The van der Waals surface area contributed by atoms with Crippen molar-refractivity contribution >= 4 is 11.8 Å². The van der Waals surface area contributed by atoms with Crippen molar-refractivity contribution in [3.05, 3.63) is 35.4 Å². The molecule has 0 radical (unpaired) electrons. The molecular formula is C15H19N5S. The average Bonchev–Trinajstić information content (AvgIpc) is 3.44. The van der Waals surface area contributed by atoms with Crippen molar-refractivity contribution in [2.75, 3.05) is 0 Å². The topological polar surface area (TPSA) is 69.6 Å². The Kier molecular flexibility index (Phi) is 3.43. The Labute approximate surface area is 128 Å². The van der Waals surface area contributed by atoms with Crippen LogP contribution in [0.15, 0.2) is 23.5 Å². The first kappa shape index (κ1) is 13.3. The molecule has 2 aliphatic carbocycles. The smallest absolute Gasteiger partial charge is 0.191 e. The third-order valence-corrected chi connectivity index (χ3v) is 5.07. The normalized spacial score (nSPS) is 18.1. The van der Waals surface area contributed by atoms with E-state index >= 15 is 0 Å². The van der Waals surface area contributed by atoms with E-state index in [0.29, 0.717) is 18.5 Å². The Morgan fingerprint density at radius 3 is 2.81 bits per heavy atom. The van der Waals surface area contributed by atoms with Gasteiger partial charge in [0, 0.05) is 30.5 Å². The summed E-state index contributed by atoms with van der Waals surface area (Å²) < 4.78 is 2.39. The van der Waals surface area contributed by atoms with Crippen LogP contribution in [0.3, 0.4) is 0 Å². The number of thioether (sulfide) groups is 1. The Morgan fingerprint density at radius 2 is 2.10 bits per heavy atom. The number of rotatable bonds is 6. The molecule has 2 saturated carbocycles. The van der Waals surface area contributed by atoms with E-state index in [9.17, 15) is 0 Å². The number of nitrogens with zero attached hydrogens (tertiary/aromatic N) is 4. The summed E-state index contributed by atoms with van der Waals surface area (Å²) in [5.74, 6) is 2.73. The second kappa shape index (κ2) is 5.42. The molecule has 110 valence electrons. The molecule has 2 heterocycles. The first-order valence-electron chi connectivity index (χ1n) is 7.57. The summed E-state index contributed by atoms with van der Waals surface area (Å²) in [5, 5.41) is 9.94. The van der Waals surface area contributed by atoms with Crippen LogP contribution in [-0.4, -0.2) is 19.7 Å². The second-order valence-corrected chi connectivity index (χ2v) is 6.76.